The highest BCUT2D eigenvalue weighted by atomic mass is 32.2. The van der Waals surface area contributed by atoms with Crippen LogP contribution in [0.5, 0.6) is 0 Å². The minimum absolute atomic E-state index is 0.00576. The average Bonchev–Trinajstić information content (AvgIpc) is 2.71. The van der Waals surface area contributed by atoms with Gasteiger partial charge in [0.1, 0.15) is 4.90 Å². The molecule has 11 nitrogen and oxygen atoms in total. The van der Waals surface area contributed by atoms with Crippen LogP contribution in [-0.2, 0) is 20.2 Å². The van der Waals surface area contributed by atoms with Crippen molar-refractivity contribution in [2.24, 2.45) is 5.73 Å². The molecular weight excluding hydrogens is 474 g/mol. The number of hydrogen-bond acceptors (Lipinski definition) is 9. The minimum atomic E-state index is -4.88. The van der Waals surface area contributed by atoms with E-state index >= 15 is 0 Å². The van der Waals surface area contributed by atoms with E-state index in [2.05, 4.69) is 5.32 Å². The number of nitrogens with one attached hydrogen (secondary N) is 1. The summed E-state index contributed by atoms with van der Waals surface area (Å²) in [5.74, 6) is -1.62. The molecule has 13 heteroatoms. The Labute approximate surface area is 189 Å². The summed E-state index contributed by atoms with van der Waals surface area (Å²) in [6, 6.07) is 3.58. The Kier molecular flexibility index (Phi) is 5.57. The maximum Gasteiger partial charge on any atom is 0.296 e. The number of rotatable bonds is 4. The number of ketones is 2. The van der Waals surface area contributed by atoms with Crippen LogP contribution in [-0.4, -0.2) is 49.6 Å². The van der Waals surface area contributed by atoms with Gasteiger partial charge in [-0.3, -0.25) is 18.7 Å². The van der Waals surface area contributed by atoms with Gasteiger partial charge in [0, 0.05) is 28.9 Å². The van der Waals surface area contributed by atoms with Crippen LogP contribution in [0.25, 0.3) is 0 Å². The van der Waals surface area contributed by atoms with E-state index in [0.717, 1.165) is 37.1 Å². The Morgan fingerprint density at radius 2 is 1.58 bits per heavy atom. The zero-order valence-electron chi connectivity index (χ0n) is 17.1. The Hall–Kier alpha value is -2.84. The fourth-order valence-corrected chi connectivity index (χ4v) is 5.54. The lowest BCUT2D eigenvalue weighted by atomic mass is 9.82. The molecule has 0 aromatic heterocycles. The van der Waals surface area contributed by atoms with Crippen molar-refractivity contribution in [3.63, 3.8) is 0 Å². The third-order valence-electron chi connectivity index (χ3n) is 5.91. The lowest BCUT2D eigenvalue weighted by Crippen LogP contribution is -2.36. The highest BCUT2D eigenvalue weighted by Gasteiger charge is 2.38. The van der Waals surface area contributed by atoms with Crippen molar-refractivity contribution in [1.82, 2.24) is 0 Å². The molecule has 0 heterocycles. The zero-order valence-corrected chi connectivity index (χ0v) is 18.7. The molecule has 2 aromatic carbocycles. The third-order valence-corrected chi connectivity index (χ3v) is 7.66. The first kappa shape index (κ1) is 23.3. The number of benzene rings is 2. The number of hydrogen-bond donors (Lipinski definition) is 5. The fraction of sp³-hybridized carbons (Fsp3) is 0.300. The van der Waals surface area contributed by atoms with E-state index in [0.29, 0.717) is 12.8 Å². The molecule has 0 spiro atoms. The molecular formula is C20H21N3O8S2. The van der Waals surface area contributed by atoms with Crippen LogP contribution >= 0.6 is 0 Å². The zero-order chi connectivity index (χ0) is 24.3. The number of carbonyl (C=O) groups excluding carboxylic acids is 2. The molecule has 176 valence electrons. The van der Waals surface area contributed by atoms with Gasteiger partial charge in [0.15, 0.2) is 11.6 Å². The number of nitrogens with two attached hydrogens (primary N) is 2. The van der Waals surface area contributed by atoms with Crippen molar-refractivity contribution in [3.8, 4) is 0 Å². The number of nitrogen functional groups attached to an aromatic ring is 1. The molecule has 4 rings (SSSR count). The van der Waals surface area contributed by atoms with Crippen LogP contribution in [0.4, 0.5) is 11.4 Å². The standard InChI is InChI=1S/C20H21N3O8S2/c21-9-2-1-3-10(6-9)23-14-8-15(33(29,30)31)18(22)17-16(14)19(24)12-5-4-11(32(26,27)28)7-13(12)20(17)25/h4-5,7-10,23H,1-3,6,21-22H2,(H,26,27,28)(H,29,30,31). The van der Waals surface area contributed by atoms with E-state index < -0.39 is 52.8 Å². The molecule has 2 aliphatic carbocycles. The molecule has 33 heavy (non-hydrogen) atoms. The molecule has 2 atom stereocenters. The molecule has 7 N–H and O–H groups in total. The van der Waals surface area contributed by atoms with Gasteiger partial charge in [-0.05, 0) is 49.9 Å². The van der Waals surface area contributed by atoms with E-state index in [1.54, 1.807) is 0 Å². The quantitative estimate of drug-likeness (QED) is 0.257. The summed E-state index contributed by atoms with van der Waals surface area (Å²) < 4.78 is 66.0. The maximum atomic E-state index is 13.4. The average molecular weight is 496 g/mol. The lowest BCUT2D eigenvalue weighted by Gasteiger charge is -2.30. The van der Waals surface area contributed by atoms with E-state index in [-0.39, 0.29) is 34.5 Å². The summed E-state index contributed by atoms with van der Waals surface area (Å²) in [4.78, 5) is 25.3. The Bertz CT molecular complexity index is 1420. The van der Waals surface area contributed by atoms with Crippen LogP contribution in [0, 0.1) is 0 Å². The predicted molar refractivity (Wildman–Crippen MR) is 118 cm³/mol. The second-order valence-corrected chi connectivity index (χ2v) is 11.0. The van der Waals surface area contributed by atoms with Crippen molar-refractivity contribution in [3.05, 3.63) is 46.5 Å². The monoisotopic (exact) mass is 495 g/mol. The fourth-order valence-electron chi connectivity index (χ4n) is 4.39. The van der Waals surface area contributed by atoms with Crippen molar-refractivity contribution in [2.75, 3.05) is 11.1 Å². The van der Waals surface area contributed by atoms with Gasteiger partial charge in [-0.2, -0.15) is 16.8 Å². The Morgan fingerprint density at radius 1 is 0.909 bits per heavy atom. The summed E-state index contributed by atoms with van der Waals surface area (Å²) in [6.07, 6.45) is 2.84. The maximum absolute atomic E-state index is 13.4. The first-order chi connectivity index (χ1) is 15.3. The SMILES string of the molecule is Nc1c(S(=O)(=O)O)cc(NC2CCCC(N)C2)c2c1C(=O)c1cc(S(=O)(=O)O)ccc1C2=O. The molecule has 1 saturated carbocycles. The van der Waals surface area contributed by atoms with Crippen LogP contribution in [0.3, 0.4) is 0 Å². The normalized spacial score (nSPS) is 20.8. The molecule has 0 radical (unpaired) electrons. The van der Waals surface area contributed by atoms with Gasteiger partial charge in [-0.15, -0.1) is 0 Å². The molecule has 2 aromatic rings. The Morgan fingerprint density at radius 3 is 2.18 bits per heavy atom. The van der Waals surface area contributed by atoms with Crippen molar-refractivity contribution in [2.45, 2.75) is 47.6 Å². The predicted octanol–water partition coefficient (Wildman–Crippen LogP) is 1.22. The van der Waals surface area contributed by atoms with Crippen LogP contribution < -0.4 is 16.8 Å². The smallest absolute Gasteiger partial charge is 0.296 e. The van der Waals surface area contributed by atoms with Crippen molar-refractivity contribution >= 4 is 43.2 Å². The van der Waals surface area contributed by atoms with Gasteiger partial charge in [-0.25, -0.2) is 0 Å². The third kappa shape index (κ3) is 4.13. The van der Waals surface area contributed by atoms with Crippen LogP contribution in [0.15, 0.2) is 34.1 Å². The second-order valence-electron chi connectivity index (χ2n) is 8.17. The largest absolute Gasteiger partial charge is 0.397 e. The van der Waals surface area contributed by atoms with Gasteiger partial charge < -0.3 is 16.8 Å². The van der Waals surface area contributed by atoms with Gasteiger partial charge >= 0.3 is 0 Å². The van der Waals surface area contributed by atoms with Gasteiger partial charge in [-0.1, -0.05) is 0 Å². The number of carbonyl (C=O) groups is 2. The minimum Gasteiger partial charge on any atom is -0.397 e. The summed E-state index contributed by atoms with van der Waals surface area (Å²) in [5, 5.41) is 3.08. The molecule has 1 fully saturated rings. The topological polar surface area (TPSA) is 207 Å². The van der Waals surface area contributed by atoms with Gasteiger partial charge in [0.05, 0.1) is 21.7 Å². The number of fused-ring (bicyclic) bond motifs is 2. The van der Waals surface area contributed by atoms with E-state index in [1.165, 1.54) is 0 Å². The summed E-state index contributed by atoms with van der Waals surface area (Å²) >= 11 is 0. The highest BCUT2D eigenvalue weighted by molar-refractivity contribution is 7.86. The summed E-state index contributed by atoms with van der Waals surface area (Å²) in [6.45, 7) is 0. The van der Waals surface area contributed by atoms with E-state index in [1.807, 2.05) is 0 Å². The number of anilines is 2. The van der Waals surface area contributed by atoms with Crippen molar-refractivity contribution < 1.29 is 35.5 Å². The van der Waals surface area contributed by atoms with Crippen molar-refractivity contribution in [1.29, 1.82) is 0 Å². The first-order valence-corrected chi connectivity index (χ1v) is 12.8. The molecule has 0 bridgehead atoms. The first-order valence-electron chi connectivity index (χ1n) is 9.96. The molecule has 0 aliphatic heterocycles. The lowest BCUT2D eigenvalue weighted by molar-refractivity contribution is 0.0979. The molecule has 2 unspecified atom stereocenters. The molecule has 0 amide bonds. The second kappa shape index (κ2) is 7.88. The van der Waals surface area contributed by atoms with Gasteiger partial charge in [0.25, 0.3) is 20.2 Å². The summed E-state index contributed by atoms with van der Waals surface area (Å²) in [5.41, 5.74) is 10.1. The summed E-state index contributed by atoms with van der Waals surface area (Å²) in [7, 11) is -9.56. The van der Waals surface area contributed by atoms with E-state index in [4.69, 9.17) is 11.5 Å². The molecule has 2 aliphatic rings. The van der Waals surface area contributed by atoms with Gasteiger partial charge in [0.2, 0.25) is 0 Å². The highest BCUT2D eigenvalue weighted by Crippen LogP contribution is 2.40. The molecule has 0 saturated heterocycles. The van der Waals surface area contributed by atoms with E-state index in [9.17, 15) is 35.5 Å². The van der Waals surface area contributed by atoms with Crippen LogP contribution in [0.1, 0.15) is 57.5 Å². The van der Waals surface area contributed by atoms with Crippen LogP contribution in [0.2, 0.25) is 0 Å². The Balaban J connectivity index is 1.95.